The summed E-state index contributed by atoms with van der Waals surface area (Å²) in [6.45, 7) is 4.31. The van der Waals surface area contributed by atoms with Crippen LogP contribution in [-0.4, -0.2) is 34.1 Å². The molecule has 0 bridgehead atoms. The number of anilines is 1. The first-order chi connectivity index (χ1) is 12.2. The molecule has 0 unspecified atom stereocenters. The molecule has 0 spiro atoms. The maximum atomic E-state index is 12.3. The molecule has 0 aromatic carbocycles. The van der Waals surface area contributed by atoms with Gasteiger partial charge in [0.25, 0.3) is 5.91 Å². The Balaban J connectivity index is 1.41. The fourth-order valence-corrected chi connectivity index (χ4v) is 3.16. The smallest absolute Gasteiger partial charge is 0.273 e. The highest BCUT2D eigenvalue weighted by Gasteiger charge is 2.28. The van der Waals surface area contributed by atoms with Gasteiger partial charge >= 0.3 is 0 Å². The molecule has 2 aromatic heterocycles. The first kappa shape index (κ1) is 16.1. The Hall–Kier alpha value is -2.44. The number of carbonyl (C=O) groups excluding carboxylic acids is 1. The average molecular weight is 341 g/mol. The van der Waals surface area contributed by atoms with Crippen LogP contribution in [0.25, 0.3) is 0 Å². The highest BCUT2D eigenvalue weighted by atomic mass is 16.5. The first-order valence-electron chi connectivity index (χ1n) is 9.03. The molecule has 0 atom stereocenters. The van der Waals surface area contributed by atoms with Gasteiger partial charge in [-0.25, -0.2) is 9.97 Å². The summed E-state index contributed by atoms with van der Waals surface area (Å²) in [7, 11) is 0. The summed E-state index contributed by atoms with van der Waals surface area (Å²) in [5.41, 5.74) is 2.06. The van der Waals surface area contributed by atoms with E-state index in [9.17, 15) is 4.79 Å². The maximum absolute atomic E-state index is 12.3. The van der Waals surface area contributed by atoms with Gasteiger partial charge in [-0.1, -0.05) is 5.16 Å². The molecule has 1 aliphatic carbocycles. The van der Waals surface area contributed by atoms with Crippen LogP contribution in [0.15, 0.2) is 16.7 Å². The van der Waals surface area contributed by atoms with E-state index in [1.807, 2.05) is 13.0 Å². The molecule has 2 aromatic rings. The quantitative estimate of drug-likeness (QED) is 0.900. The van der Waals surface area contributed by atoms with Gasteiger partial charge in [0.05, 0.1) is 12.2 Å². The monoisotopic (exact) mass is 341 g/mol. The summed E-state index contributed by atoms with van der Waals surface area (Å²) in [6, 6.07) is 3.66. The van der Waals surface area contributed by atoms with Gasteiger partial charge in [0.15, 0.2) is 5.69 Å². The number of rotatable bonds is 5. The molecule has 7 nitrogen and oxygen atoms in total. The van der Waals surface area contributed by atoms with Crippen molar-refractivity contribution in [3.63, 3.8) is 0 Å². The van der Waals surface area contributed by atoms with E-state index in [0.717, 1.165) is 49.0 Å². The van der Waals surface area contributed by atoms with E-state index in [4.69, 9.17) is 4.52 Å². The Morgan fingerprint density at radius 1 is 1.24 bits per heavy atom. The molecule has 1 N–H and O–H groups in total. The summed E-state index contributed by atoms with van der Waals surface area (Å²) in [5.74, 6) is 1.80. The summed E-state index contributed by atoms with van der Waals surface area (Å²) in [6.07, 6.45) is 5.87. The average Bonchev–Trinajstić information content (AvgIpc) is 3.37. The number of nitrogens with zero attached hydrogens (tertiary/aromatic N) is 4. The second kappa shape index (κ2) is 6.82. The minimum Gasteiger partial charge on any atom is -0.360 e. The van der Waals surface area contributed by atoms with Crippen LogP contribution in [0.1, 0.15) is 65.7 Å². The van der Waals surface area contributed by atoms with Crippen molar-refractivity contribution < 1.29 is 9.32 Å². The SMILES string of the molecule is Cc1cc(CNC(=O)c2cc(C3CC3)on2)nc(N2CCCCC2)n1. The van der Waals surface area contributed by atoms with E-state index in [-0.39, 0.29) is 5.91 Å². The van der Waals surface area contributed by atoms with Crippen LogP contribution < -0.4 is 10.2 Å². The third kappa shape index (κ3) is 3.81. The predicted octanol–water partition coefficient (Wildman–Crippen LogP) is 2.57. The van der Waals surface area contributed by atoms with Crippen LogP contribution in [0.3, 0.4) is 0 Å². The number of carbonyl (C=O) groups is 1. The lowest BCUT2D eigenvalue weighted by molar-refractivity contribution is 0.0941. The molecule has 2 fully saturated rings. The van der Waals surface area contributed by atoms with Crippen molar-refractivity contribution in [1.82, 2.24) is 20.4 Å². The fraction of sp³-hybridized carbons (Fsp3) is 0.556. The molecule has 132 valence electrons. The Kier molecular flexibility index (Phi) is 4.38. The van der Waals surface area contributed by atoms with Gasteiger partial charge in [-0.05, 0) is 45.1 Å². The van der Waals surface area contributed by atoms with Crippen molar-refractivity contribution in [2.75, 3.05) is 18.0 Å². The van der Waals surface area contributed by atoms with Gasteiger partial charge < -0.3 is 14.7 Å². The van der Waals surface area contributed by atoms with Crippen molar-refractivity contribution in [3.05, 3.63) is 35.0 Å². The molecule has 1 saturated heterocycles. The summed E-state index contributed by atoms with van der Waals surface area (Å²) >= 11 is 0. The minimum absolute atomic E-state index is 0.230. The summed E-state index contributed by atoms with van der Waals surface area (Å²) in [4.78, 5) is 23.7. The van der Waals surface area contributed by atoms with Crippen LogP contribution in [0.4, 0.5) is 5.95 Å². The van der Waals surface area contributed by atoms with Crippen LogP contribution in [0, 0.1) is 6.92 Å². The highest BCUT2D eigenvalue weighted by Crippen LogP contribution is 2.40. The third-order valence-corrected chi connectivity index (χ3v) is 4.71. The number of piperidine rings is 1. The van der Waals surface area contributed by atoms with Crippen molar-refractivity contribution in [2.24, 2.45) is 0 Å². The molecule has 1 amide bonds. The zero-order chi connectivity index (χ0) is 17.2. The molecule has 1 aliphatic heterocycles. The predicted molar refractivity (Wildman–Crippen MR) is 92.5 cm³/mol. The van der Waals surface area contributed by atoms with Gasteiger partial charge in [0, 0.05) is 30.8 Å². The molecule has 7 heteroatoms. The zero-order valence-corrected chi connectivity index (χ0v) is 14.5. The topological polar surface area (TPSA) is 84.2 Å². The highest BCUT2D eigenvalue weighted by molar-refractivity contribution is 5.92. The van der Waals surface area contributed by atoms with Gasteiger partial charge in [0.2, 0.25) is 5.95 Å². The number of hydrogen-bond donors (Lipinski definition) is 1. The van der Waals surface area contributed by atoms with E-state index < -0.39 is 0 Å². The summed E-state index contributed by atoms with van der Waals surface area (Å²) < 4.78 is 5.24. The van der Waals surface area contributed by atoms with Crippen LogP contribution in [-0.2, 0) is 6.54 Å². The third-order valence-electron chi connectivity index (χ3n) is 4.71. The Labute approximate surface area is 146 Å². The largest absolute Gasteiger partial charge is 0.360 e. The van der Waals surface area contributed by atoms with Crippen molar-refractivity contribution in [2.45, 2.75) is 51.5 Å². The standard InChI is InChI=1S/C18H23N5O2/c1-12-9-14(21-18(20-12)23-7-3-2-4-8-23)11-19-17(24)15-10-16(25-22-15)13-5-6-13/h9-10,13H,2-8,11H2,1H3,(H,19,24). The number of aromatic nitrogens is 3. The van der Waals surface area contributed by atoms with Crippen molar-refractivity contribution in [3.8, 4) is 0 Å². The first-order valence-corrected chi connectivity index (χ1v) is 9.03. The minimum atomic E-state index is -0.230. The van der Waals surface area contributed by atoms with Crippen LogP contribution >= 0.6 is 0 Å². The van der Waals surface area contributed by atoms with Gasteiger partial charge in [-0.15, -0.1) is 0 Å². The number of aryl methyl sites for hydroxylation is 1. The molecule has 4 rings (SSSR count). The van der Waals surface area contributed by atoms with E-state index >= 15 is 0 Å². The van der Waals surface area contributed by atoms with Gasteiger partial charge in [-0.3, -0.25) is 4.79 Å². The zero-order valence-electron chi connectivity index (χ0n) is 14.5. The molecule has 0 radical (unpaired) electrons. The van der Waals surface area contributed by atoms with Crippen LogP contribution in [0.5, 0.6) is 0 Å². The number of hydrogen-bond acceptors (Lipinski definition) is 6. The number of amides is 1. The second-order valence-electron chi connectivity index (χ2n) is 6.92. The van der Waals surface area contributed by atoms with E-state index in [2.05, 4.69) is 25.3 Å². The van der Waals surface area contributed by atoms with E-state index in [0.29, 0.717) is 18.2 Å². The molecular formula is C18H23N5O2. The van der Waals surface area contributed by atoms with E-state index in [1.165, 1.54) is 19.3 Å². The molecule has 1 saturated carbocycles. The van der Waals surface area contributed by atoms with Gasteiger partial charge in [0.1, 0.15) is 5.76 Å². The number of nitrogens with one attached hydrogen (secondary N) is 1. The second-order valence-corrected chi connectivity index (χ2v) is 6.92. The molecule has 2 aliphatic rings. The van der Waals surface area contributed by atoms with Crippen molar-refractivity contribution in [1.29, 1.82) is 0 Å². The molecule has 25 heavy (non-hydrogen) atoms. The Morgan fingerprint density at radius 2 is 2.04 bits per heavy atom. The van der Waals surface area contributed by atoms with E-state index in [1.54, 1.807) is 6.07 Å². The van der Waals surface area contributed by atoms with Crippen LogP contribution in [0.2, 0.25) is 0 Å². The van der Waals surface area contributed by atoms with Gasteiger partial charge in [-0.2, -0.15) is 0 Å². The summed E-state index contributed by atoms with van der Waals surface area (Å²) in [5, 5.41) is 6.75. The fourth-order valence-electron chi connectivity index (χ4n) is 3.16. The van der Waals surface area contributed by atoms with Crippen molar-refractivity contribution >= 4 is 11.9 Å². The lowest BCUT2D eigenvalue weighted by Gasteiger charge is -2.27. The Bertz CT molecular complexity index is 763. The normalized spacial score (nSPS) is 17.6. The molecule has 3 heterocycles. The maximum Gasteiger partial charge on any atom is 0.273 e. The molecular weight excluding hydrogens is 318 g/mol. The lowest BCUT2D eigenvalue weighted by atomic mass is 10.1. The lowest BCUT2D eigenvalue weighted by Crippen LogP contribution is -2.32. The Morgan fingerprint density at radius 3 is 2.80 bits per heavy atom.